The summed E-state index contributed by atoms with van der Waals surface area (Å²) in [5, 5.41) is 11.7. The summed E-state index contributed by atoms with van der Waals surface area (Å²) in [6.07, 6.45) is 0. The molecule has 0 saturated carbocycles. The van der Waals surface area contributed by atoms with E-state index in [1.807, 2.05) is 0 Å². The Morgan fingerprint density at radius 2 is 2.30 bits per heavy atom. The van der Waals surface area contributed by atoms with Crippen LogP contribution in [-0.2, 0) is 0 Å². The van der Waals surface area contributed by atoms with Crippen LogP contribution in [0.3, 0.4) is 0 Å². The summed E-state index contributed by atoms with van der Waals surface area (Å²) in [6, 6.07) is 0.632. The number of likely N-dealkylation sites (tertiary alicyclic amines) is 1. The van der Waals surface area contributed by atoms with Gasteiger partial charge in [0.2, 0.25) is 0 Å². The van der Waals surface area contributed by atoms with Crippen LogP contribution in [0.4, 0.5) is 0 Å². The molecule has 1 aliphatic rings. The van der Waals surface area contributed by atoms with E-state index in [2.05, 4.69) is 17.1 Å². The largest absolute Gasteiger partial charge is 0.395 e. The van der Waals surface area contributed by atoms with Crippen molar-refractivity contribution in [3.63, 3.8) is 0 Å². The van der Waals surface area contributed by atoms with Gasteiger partial charge in [0, 0.05) is 25.7 Å². The molecule has 0 unspecified atom stereocenters. The minimum atomic E-state index is 0.253. The van der Waals surface area contributed by atoms with Crippen LogP contribution in [0.5, 0.6) is 0 Å². The van der Waals surface area contributed by atoms with Gasteiger partial charge in [-0.15, -0.1) is 0 Å². The van der Waals surface area contributed by atoms with Crippen LogP contribution in [-0.4, -0.2) is 48.8 Å². The molecule has 60 valence electrons. The van der Waals surface area contributed by atoms with Gasteiger partial charge in [0.1, 0.15) is 0 Å². The van der Waals surface area contributed by atoms with Crippen LogP contribution in [0.15, 0.2) is 0 Å². The highest BCUT2D eigenvalue weighted by molar-refractivity contribution is 4.84. The molecule has 0 amide bonds. The summed E-state index contributed by atoms with van der Waals surface area (Å²) in [7, 11) is 0. The molecule has 3 heteroatoms. The number of nitrogens with one attached hydrogen (secondary N) is 1. The lowest BCUT2D eigenvalue weighted by Gasteiger charge is -2.38. The first-order valence-electron chi connectivity index (χ1n) is 3.93. The van der Waals surface area contributed by atoms with E-state index in [-0.39, 0.29) is 6.61 Å². The zero-order chi connectivity index (χ0) is 7.40. The van der Waals surface area contributed by atoms with Crippen molar-refractivity contribution in [2.24, 2.45) is 0 Å². The lowest BCUT2D eigenvalue weighted by atomic mass is 10.1. The van der Waals surface area contributed by atoms with Crippen LogP contribution in [0, 0.1) is 0 Å². The molecule has 3 nitrogen and oxygen atoms in total. The molecule has 0 aromatic heterocycles. The molecule has 10 heavy (non-hydrogen) atoms. The Hall–Kier alpha value is -0.120. The van der Waals surface area contributed by atoms with Crippen LogP contribution >= 0.6 is 0 Å². The van der Waals surface area contributed by atoms with Gasteiger partial charge in [0.15, 0.2) is 0 Å². The SMILES string of the molecule is CCN1CC(NCCO)C1. The van der Waals surface area contributed by atoms with E-state index in [9.17, 15) is 0 Å². The molecule has 0 aromatic rings. The summed E-state index contributed by atoms with van der Waals surface area (Å²) in [5.74, 6) is 0. The molecule has 2 N–H and O–H groups in total. The van der Waals surface area contributed by atoms with Gasteiger partial charge < -0.3 is 15.3 Å². The Morgan fingerprint density at radius 3 is 2.80 bits per heavy atom. The van der Waals surface area contributed by atoms with Gasteiger partial charge in [0.25, 0.3) is 0 Å². The fourth-order valence-corrected chi connectivity index (χ4v) is 1.23. The monoisotopic (exact) mass is 144 g/mol. The normalized spacial score (nSPS) is 21.0. The van der Waals surface area contributed by atoms with Crippen molar-refractivity contribution < 1.29 is 5.11 Å². The average molecular weight is 144 g/mol. The van der Waals surface area contributed by atoms with E-state index < -0.39 is 0 Å². The minimum Gasteiger partial charge on any atom is -0.395 e. The molecule has 1 aliphatic heterocycles. The zero-order valence-electron chi connectivity index (χ0n) is 6.51. The van der Waals surface area contributed by atoms with Gasteiger partial charge in [-0.05, 0) is 6.54 Å². The minimum absolute atomic E-state index is 0.253. The Balaban J connectivity index is 1.93. The van der Waals surface area contributed by atoms with Gasteiger partial charge in [-0.2, -0.15) is 0 Å². The van der Waals surface area contributed by atoms with Crippen LogP contribution in [0.1, 0.15) is 6.92 Å². The average Bonchev–Trinajstić information content (AvgIpc) is 1.86. The van der Waals surface area contributed by atoms with E-state index in [4.69, 9.17) is 5.11 Å². The van der Waals surface area contributed by atoms with Crippen molar-refractivity contribution in [2.75, 3.05) is 32.8 Å². The van der Waals surface area contributed by atoms with Gasteiger partial charge >= 0.3 is 0 Å². The maximum absolute atomic E-state index is 8.48. The number of aliphatic hydroxyl groups is 1. The third-order valence-corrected chi connectivity index (χ3v) is 1.95. The molecule has 0 radical (unpaired) electrons. The summed E-state index contributed by atoms with van der Waals surface area (Å²) in [6.45, 7) is 6.61. The molecule has 1 fully saturated rings. The van der Waals surface area contributed by atoms with Crippen LogP contribution < -0.4 is 5.32 Å². The van der Waals surface area contributed by atoms with E-state index in [1.165, 1.54) is 0 Å². The first kappa shape index (κ1) is 7.98. The highest BCUT2D eigenvalue weighted by Crippen LogP contribution is 2.05. The van der Waals surface area contributed by atoms with Crippen molar-refractivity contribution in [3.8, 4) is 0 Å². The van der Waals surface area contributed by atoms with Gasteiger partial charge in [-0.25, -0.2) is 0 Å². The second-order valence-corrected chi connectivity index (χ2v) is 2.73. The van der Waals surface area contributed by atoms with Crippen molar-refractivity contribution >= 4 is 0 Å². The number of hydrogen-bond donors (Lipinski definition) is 2. The Morgan fingerprint density at radius 1 is 1.60 bits per heavy atom. The van der Waals surface area contributed by atoms with Gasteiger partial charge in [-0.3, -0.25) is 0 Å². The van der Waals surface area contributed by atoms with Crippen LogP contribution in [0.25, 0.3) is 0 Å². The highest BCUT2D eigenvalue weighted by atomic mass is 16.3. The number of likely N-dealkylation sites (N-methyl/N-ethyl adjacent to an activating group) is 1. The Labute approximate surface area is 62.0 Å². The van der Waals surface area contributed by atoms with Gasteiger partial charge in [0.05, 0.1) is 6.61 Å². The van der Waals surface area contributed by atoms with E-state index in [0.29, 0.717) is 6.04 Å². The molecule has 1 heterocycles. The molecular weight excluding hydrogens is 128 g/mol. The summed E-state index contributed by atoms with van der Waals surface area (Å²) < 4.78 is 0. The number of hydrogen-bond acceptors (Lipinski definition) is 3. The molecule has 0 aromatic carbocycles. The molecule has 1 saturated heterocycles. The lowest BCUT2D eigenvalue weighted by molar-refractivity contribution is 0.129. The number of nitrogens with zero attached hydrogens (tertiary/aromatic N) is 1. The van der Waals surface area contributed by atoms with Crippen molar-refractivity contribution in [1.82, 2.24) is 10.2 Å². The van der Waals surface area contributed by atoms with Gasteiger partial charge in [-0.1, -0.05) is 6.92 Å². The third kappa shape index (κ3) is 1.94. The molecule has 1 rings (SSSR count). The fraction of sp³-hybridized carbons (Fsp3) is 1.00. The van der Waals surface area contributed by atoms with E-state index >= 15 is 0 Å². The summed E-state index contributed by atoms with van der Waals surface area (Å²) in [5.41, 5.74) is 0. The standard InChI is InChI=1S/C7H16N2O/c1-2-9-5-7(6-9)8-3-4-10/h7-8,10H,2-6H2,1H3. The predicted molar refractivity (Wildman–Crippen MR) is 41.0 cm³/mol. The Kier molecular flexibility index (Phi) is 3.12. The summed E-state index contributed by atoms with van der Waals surface area (Å²) >= 11 is 0. The van der Waals surface area contributed by atoms with E-state index in [0.717, 1.165) is 26.2 Å². The zero-order valence-corrected chi connectivity index (χ0v) is 6.51. The first-order chi connectivity index (χ1) is 4.86. The van der Waals surface area contributed by atoms with Crippen molar-refractivity contribution in [2.45, 2.75) is 13.0 Å². The number of rotatable bonds is 4. The second kappa shape index (κ2) is 3.91. The predicted octanol–water partition coefficient (Wildman–Crippen LogP) is -0.728. The molecular formula is C7H16N2O. The van der Waals surface area contributed by atoms with Crippen LogP contribution in [0.2, 0.25) is 0 Å². The summed E-state index contributed by atoms with van der Waals surface area (Å²) in [4.78, 5) is 2.37. The molecule has 0 bridgehead atoms. The maximum atomic E-state index is 8.48. The molecule has 0 spiro atoms. The second-order valence-electron chi connectivity index (χ2n) is 2.73. The topological polar surface area (TPSA) is 35.5 Å². The number of aliphatic hydroxyl groups excluding tert-OH is 1. The highest BCUT2D eigenvalue weighted by Gasteiger charge is 2.23. The fourth-order valence-electron chi connectivity index (χ4n) is 1.23. The molecule has 0 atom stereocenters. The first-order valence-corrected chi connectivity index (χ1v) is 3.93. The quantitative estimate of drug-likeness (QED) is 0.546. The molecule has 0 aliphatic carbocycles. The Bertz CT molecular complexity index is 88.9. The van der Waals surface area contributed by atoms with Crippen molar-refractivity contribution in [1.29, 1.82) is 0 Å². The smallest absolute Gasteiger partial charge is 0.0556 e. The van der Waals surface area contributed by atoms with E-state index in [1.54, 1.807) is 0 Å². The third-order valence-electron chi connectivity index (χ3n) is 1.95. The lowest BCUT2D eigenvalue weighted by Crippen LogP contribution is -2.58. The maximum Gasteiger partial charge on any atom is 0.0556 e. The van der Waals surface area contributed by atoms with Crippen molar-refractivity contribution in [3.05, 3.63) is 0 Å².